The molecule has 0 radical (unpaired) electrons. The Bertz CT molecular complexity index is 1110. The summed E-state index contributed by atoms with van der Waals surface area (Å²) in [6.45, 7) is 1.78. The first kappa shape index (κ1) is 19.9. The zero-order chi connectivity index (χ0) is 20.3. The Morgan fingerprint density at radius 3 is 2.61 bits per heavy atom. The quantitative estimate of drug-likeness (QED) is 0.559. The van der Waals surface area contributed by atoms with Gasteiger partial charge in [-0.25, -0.2) is 12.8 Å². The molecule has 3 rings (SSSR count). The summed E-state index contributed by atoms with van der Waals surface area (Å²) in [7, 11) is -4.05. The molecule has 1 aromatic heterocycles. The third-order valence-electron chi connectivity index (χ3n) is 4.03. The number of para-hydroxylation sites is 1. The van der Waals surface area contributed by atoms with Crippen molar-refractivity contribution >= 4 is 33.2 Å². The molecule has 0 spiro atoms. The first-order valence-electron chi connectivity index (χ1n) is 8.28. The monoisotopic (exact) mass is 421 g/mol. The van der Waals surface area contributed by atoms with E-state index in [1.165, 1.54) is 30.5 Å². The molecule has 6 nitrogen and oxygen atoms in total. The molecule has 0 aliphatic carbocycles. The first-order chi connectivity index (χ1) is 13.3. The van der Waals surface area contributed by atoms with E-state index in [9.17, 15) is 17.6 Å². The van der Waals surface area contributed by atoms with Gasteiger partial charge >= 0.3 is 0 Å². The number of aromatic nitrogens is 1. The topological polar surface area (TPSA) is 91.1 Å². The number of anilines is 1. The van der Waals surface area contributed by atoms with Crippen molar-refractivity contribution in [2.75, 3.05) is 4.72 Å². The average molecular weight is 422 g/mol. The molecule has 0 saturated carbocycles. The molecule has 146 valence electrons. The number of sulfonamides is 1. The molecular weight excluding hydrogens is 405 g/mol. The molecule has 0 aliphatic rings. The number of hydrogen-bond acceptors (Lipinski definition) is 3. The van der Waals surface area contributed by atoms with Crippen LogP contribution in [0, 0.1) is 5.82 Å². The molecule has 0 aliphatic heterocycles. The molecule has 2 aromatic carbocycles. The van der Waals surface area contributed by atoms with Crippen LogP contribution in [0.15, 0.2) is 65.7 Å². The molecule has 1 amide bonds. The maximum absolute atomic E-state index is 13.7. The third kappa shape index (κ3) is 4.52. The number of carbonyl (C=O) groups is 1. The van der Waals surface area contributed by atoms with E-state index in [1.54, 1.807) is 25.1 Å². The Morgan fingerprint density at radius 1 is 1.14 bits per heavy atom. The van der Waals surface area contributed by atoms with E-state index in [0.717, 1.165) is 11.6 Å². The molecule has 3 N–H and O–H groups in total. The van der Waals surface area contributed by atoms with Gasteiger partial charge in [0, 0.05) is 11.2 Å². The zero-order valence-corrected chi connectivity index (χ0v) is 16.3. The minimum absolute atomic E-state index is 0.0581. The summed E-state index contributed by atoms with van der Waals surface area (Å²) in [5.74, 6) is -1.19. The normalized spacial score (nSPS) is 12.4. The van der Waals surface area contributed by atoms with E-state index in [4.69, 9.17) is 11.6 Å². The fourth-order valence-corrected chi connectivity index (χ4v) is 3.80. The number of aromatic amines is 1. The first-order valence-corrected chi connectivity index (χ1v) is 10.1. The van der Waals surface area contributed by atoms with E-state index in [2.05, 4.69) is 15.0 Å². The number of rotatable bonds is 6. The van der Waals surface area contributed by atoms with Gasteiger partial charge in [0.2, 0.25) is 0 Å². The number of hydrogen-bond donors (Lipinski definition) is 3. The van der Waals surface area contributed by atoms with E-state index in [1.807, 2.05) is 6.07 Å². The second-order valence-corrected chi connectivity index (χ2v) is 8.20. The van der Waals surface area contributed by atoms with Gasteiger partial charge < -0.3 is 10.3 Å². The lowest BCUT2D eigenvalue weighted by atomic mass is 10.1. The Labute approximate surface area is 166 Å². The van der Waals surface area contributed by atoms with Gasteiger partial charge in [-0.3, -0.25) is 9.52 Å². The van der Waals surface area contributed by atoms with Gasteiger partial charge in [-0.15, -0.1) is 0 Å². The summed E-state index contributed by atoms with van der Waals surface area (Å²) in [5.41, 5.74) is 0.688. The summed E-state index contributed by atoms with van der Waals surface area (Å²) in [5, 5.41) is 3.31. The molecule has 0 bridgehead atoms. The van der Waals surface area contributed by atoms with Gasteiger partial charge in [0.15, 0.2) is 0 Å². The summed E-state index contributed by atoms with van der Waals surface area (Å²) < 4.78 is 40.7. The summed E-state index contributed by atoms with van der Waals surface area (Å²) in [6, 6.07) is 13.3. The van der Waals surface area contributed by atoms with Crippen molar-refractivity contribution in [2.45, 2.75) is 17.9 Å². The average Bonchev–Trinajstić information content (AvgIpc) is 3.15. The summed E-state index contributed by atoms with van der Waals surface area (Å²) in [4.78, 5) is 14.9. The molecule has 0 fully saturated rings. The number of halogens is 2. The van der Waals surface area contributed by atoms with Gasteiger partial charge in [0.1, 0.15) is 16.4 Å². The lowest BCUT2D eigenvalue weighted by molar-refractivity contribution is 0.0935. The molecule has 9 heteroatoms. The van der Waals surface area contributed by atoms with Crippen LogP contribution in [0.5, 0.6) is 0 Å². The van der Waals surface area contributed by atoms with E-state index >= 15 is 0 Å². The van der Waals surface area contributed by atoms with Gasteiger partial charge in [-0.05, 0) is 42.8 Å². The van der Waals surface area contributed by atoms with Crippen LogP contribution in [-0.2, 0) is 10.0 Å². The fourth-order valence-electron chi connectivity index (χ4n) is 2.54. The largest absolute Gasteiger partial charge is 0.356 e. The van der Waals surface area contributed by atoms with Crippen molar-refractivity contribution in [2.24, 2.45) is 0 Å². The lowest BCUT2D eigenvalue weighted by Gasteiger charge is -2.14. The Morgan fingerprint density at radius 2 is 1.89 bits per heavy atom. The Hall–Kier alpha value is -2.84. The highest BCUT2D eigenvalue weighted by molar-refractivity contribution is 7.92. The lowest BCUT2D eigenvalue weighted by Crippen LogP contribution is -2.26. The summed E-state index contributed by atoms with van der Waals surface area (Å²) >= 11 is 5.95. The SMILES string of the molecule is C[C@H](NC(=O)c1cc(S(=O)(=O)Nc2ccccc2F)c[nH]1)c1cccc(Cl)c1. The predicted octanol–water partition coefficient (Wildman–Crippen LogP) is 4.10. The van der Waals surface area contributed by atoms with Crippen molar-refractivity contribution in [1.82, 2.24) is 10.3 Å². The number of nitrogens with one attached hydrogen (secondary N) is 3. The number of benzene rings is 2. The standard InChI is InChI=1S/C19H17ClFN3O3S/c1-12(13-5-4-6-14(20)9-13)23-19(25)18-10-15(11-22-18)28(26,27)24-17-8-3-2-7-16(17)21/h2-12,22,24H,1H3,(H,23,25)/t12-/m0/s1. The molecule has 1 heterocycles. The summed E-state index contributed by atoms with van der Waals surface area (Å²) in [6.07, 6.45) is 1.17. The maximum Gasteiger partial charge on any atom is 0.268 e. The Kier molecular flexibility index (Phi) is 5.71. The minimum atomic E-state index is -4.05. The highest BCUT2D eigenvalue weighted by Crippen LogP contribution is 2.21. The molecule has 1 atom stereocenters. The number of carbonyl (C=O) groups excluding carboxylic acids is 1. The number of amides is 1. The van der Waals surface area contributed by atoms with Crippen molar-refractivity contribution in [3.63, 3.8) is 0 Å². The maximum atomic E-state index is 13.7. The van der Waals surface area contributed by atoms with Gasteiger partial charge in [0.05, 0.1) is 11.7 Å². The van der Waals surface area contributed by atoms with Crippen molar-refractivity contribution in [1.29, 1.82) is 0 Å². The second kappa shape index (κ2) is 8.04. The van der Waals surface area contributed by atoms with Crippen LogP contribution in [-0.4, -0.2) is 19.3 Å². The van der Waals surface area contributed by atoms with Crippen molar-refractivity contribution in [3.8, 4) is 0 Å². The molecular formula is C19H17ClFN3O3S. The zero-order valence-electron chi connectivity index (χ0n) is 14.7. The predicted molar refractivity (Wildman–Crippen MR) is 105 cm³/mol. The molecule has 0 unspecified atom stereocenters. The van der Waals surface area contributed by atoms with Crippen molar-refractivity contribution < 1.29 is 17.6 Å². The third-order valence-corrected chi connectivity index (χ3v) is 5.61. The van der Waals surface area contributed by atoms with Crippen molar-refractivity contribution in [3.05, 3.63) is 82.9 Å². The fraction of sp³-hybridized carbons (Fsp3) is 0.105. The Balaban J connectivity index is 1.74. The smallest absolute Gasteiger partial charge is 0.268 e. The van der Waals surface area contributed by atoms with Crippen LogP contribution in [0.25, 0.3) is 0 Å². The van der Waals surface area contributed by atoms with Crippen LogP contribution in [0.1, 0.15) is 29.0 Å². The van der Waals surface area contributed by atoms with Gasteiger partial charge in [-0.2, -0.15) is 0 Å². The number of H-pyrrole nitrogens is 1. The van der Waals surface area contributed by atoms with Crippen LogP contribution >= 0.6 is 11.6 Å². The van der Waals surface area contributed by atoms with E-state index in [0.29, 0.717) is 5.02 Å². The molecule has 28 heavy (non-hydrogen) atoms. The van der Waals surface area contributed by atoms with Gasteiger partial charge in [-0.1, -0.05) is 35.9 Å². The highest BCUT2D eigenvalue weighted by Gasteiger charge is 2.21. The molecule has 3 aromatic rings. The minimum Gasteiger partial charge on any atom is -0.356 e. The van der Waals surface area contributed by atoms with E-state index < -0.39 is 21.7 Å². The van der Waals surface area contributed by atoms with Gasteiger partial charge in [0.25, 0.3) is 15.9 Å². The van der Waals surface area contributed by atoms with E-state index in [-0.39, 0.29) is 22.3 Å². The van der Waals surface area contributed by atoms with Crippen LogP contribution in [0.2, 0.25) is 5.02 Å². The van der Waals surface area contributed by atoms with Crippen LogP contribution < -0.4 is 10.0 Å². The molecule has 0 saturated heterocycles. The van der Waals surface area contributed by atoms with Crippen LogP contribution in [0.3, 0.4) is 0 Å². The highest BCUT2D eigenvalue weighted by atomic mass is 35.5. The van der Waals surface area contributed by atoms with Crippen LogP contribution in [0.4, 0.5) is 10.1 Å². The second-order valence-electron chi connectivity index (χ2n) is 6.08.